The van der Waals surface area contributed by atoms with Crippen molar-refractivity contribution in [2.75, 3.05) is 6.61 Å². The molecule has 0 bridgehead atoms. The molecule has 0 aliphatic heterocycles. The van der Waals surface area contributed by atoms with Crippen LogP contribution in [0.1, 0.15) is 31.1 Å². The molecular formula is C11H16O2. The number of benzene rings is 1. The maximum Gasteiger partial charge on any atom is 0.122 e. The summed E-state index contributed by atoms with van der Waals surface area (Å²) in [5.41, 5.74) is 2.00. The molecule has 0 unspecified atom stereocenters. The van der Waals surface area contributed by atoms with Gasteiger partial charge in [0.15, 0.2) is 0 Å². The summed E-state index contributed by atoms with van der Waals surface area (Å²) >= 11 is 0. The van der Waals surface area contributed by atoms with Gasteiger partial charge in [-0.1, -0.05) is 6.07 Å². The molecule has 1 aromatic rings. The fourth-order valence-corrected chi connectivity index (χ4v) is 1.25. The van der Waals surface area contributed by atoms with Crippen LogP contribution in [0.4, 0.5) is 0 Å². The van der Waals surface area contributed by atoms with Gasteiger partial charge >= 0.3 is 0 Å². The summed E-state index contributed by atoms with van der Waals surface area (Å²) < 4.78 is 5.39. The first-order valence-corrected chi connectivity index (χ1v) is 4.56. The van der Waals surface area contributed by atoms with Crippen LogP contribution in [0.3, 0.4) is 0 Å². The van der Waals surface area contributed by atoms with Crippen molar-refractivity contribution in [2.24, 2.45) is 0 Å². The van der Waals surface area contributed by atoms with Gasteiger partial charge in [0.2, 0.25) is 0 Å². The third-order valence-electron chi connectivity index (χ3n) is 1.98. The topological polar surface area (TPSA) is 29.5 Å². The highest BCUT2D eigenvalue weighted by Crippen LogP contribution is 2.22. The minimum Gasteiger partial charge on any atom is -0.494 e. The van der Waals surface area contributed by atoms with Gasteiger partial charge in [-0.3, -0.25) is 0 Å². The van der Waals surface area contributed by atoms with Crippen LogP contribution < -0.4 is 4.74 Å². The van der Waals surface area contributed by atoms with E-state index in [1.807, 2.05) is 32.0 Å². The molecule has 0 spiro atoms. The second-order valence-corrected chi connectivity index (χ2v) is 3.13. The monoisotopic (exact) mass is 180 g/mol. The summed E-state index contributed by atoms with van der Waals surface area (Å²) in [6, 6.07) is 5.75. The van der Waals surface area contributed by atoms with E-state index in [-0.39, 0.29) is 0 Å². The van der Waals surface area contributed by atoms with Gasteiger partial charge in [0.05, 0.1) is 12.7 Å². The predicted molar refractivity (Wildman–Crippen MR) is 53.0 cm³/mol. The average molecular weight is 180 g/mol. The van der Waals surface area contributed by atoms with Crippen LogP contribution in [0.5, 0.6) is 5.75 Å². The molecule has 0 aliphatic rings. The van der Waals surface area contributed by atoms with Crippen molar-refractivity contribution < 1.29 is 9.84 Å². The lowest BCUT2D eigenvalue weighted by Gasteiger charge is -2.10. The molecule has 1 N–H and O–H groups in total. The molecule has 1 atom stereocenters. The summed E-state index contributed by atoms with van der Waals surface area (Å²) in [4.78, 5) is 0. The van der Waals surface area contributed by atoms with Crippen LogP contribution >= 0.6 is 0 Å². The Bertz CT molecular complexity index is 279. The Kier molecular flexibility index (Phi) is 3.32. The molecule has 1 rings (SSSR count). The van der Waals surface area contributed by atoms with Gasteiger partial charge in [-0.15, -0.1) is 0 Å². The van der Waals surface area contributed by atoms with Crippen LogP contribution in [0.15, 0.2) is 18.2 Å². The van der Waals surface area contributed by atoms with Crippen LogP contribution in [0.25, 0.3) is 0 Å². The Morgan fingerprint density at radius 2 is 2.15 bits per heavy atom. The molecule has 0 amide bonds. The SMILES string of the molecule is CCOc1ccc([C@@H](C)O)cc1C. The summed E-state index contributed by atoms with van der Waals surface area (Å²) in [5.74, 6) is 0.895. The molecule has 13 heavy (non-hydrogen) atoms. The van der Waals surface area contributed by atoms with Crippen LogP contribution in [0, 0.1) is 6.92 Å². The number of rotatable bonds is 3. The maximum atomic E-state index is 9.33. The molecule has 0 aliphatic carbocycles. The van der Waals surface area contributed by atoms with Crippen molar-refractivity contribution in [1.29, 1.82) is 0 Å². The Balaban J connectivity index is 2.92. The fraction of sp³-hybridized carbons (Fsp3) is 0.455. The lowest BCUT2D eigenvalue weighted by atomic mass is 10.1. The normalized spacial score (nSPS) is 12.6. The zero-order valence-corrected chi connectivity index (χ0v) is 8.37. The smallest absolute Gasteiger partial charge is 0.122 e. The molecule has 2 nitrogen and oxygen atoms in total. The Labute approximate surface area is 79.2 Å². The van der Waals surface area contributed by atoms with Crippen molar-refractivity contribution in [3.05, 3.63) is 29.3 Å². The van der Waals surface area contributed by atoms with Gasteiger partial charge in [0.1, 0.15) is 5.75 Å². The van der Waals surface area contributed by atoms with E-state index in [9.17, 15) is 5.11 Å². The van der Waals surface area contributed by atoms with Gasteiger partial charge < -0.3 is 9.84 Å². The molecule has 1 aromatic carbocycles. The molecule has 0 heterocycles. The second kappa shape index (κ2) is 4.28. The van der Waals surface area contributed by atoms with Crippen LogP contribution in [-0.4, -0.2) is 11.7 Å². The summed E-state index contributed by atoms with van der Waals surface area (Å²) in [6.07, 6.45) is -0.408. The summed E-state index contributed by atoms with van der Waals surface area (Å²) in [6.45, 7) is 6.38. The van der Waals surface area contributed by atoms with Crippen molar-refractivity contribution in [3.8, 4) is 5.75 Å². The van der Waals surface area contributed by atoms with E-state index in [2.05, 4.69) is 0 Å². The quantitative estimate of drug-likeness (QED) is 0.774. The molecule has 0 saturated heterocycles. The zero-order valence-electron chi connectivity index (χ0n) is 8.37. The Morgan fingerprint density at radius 1 is 1.46 bits per heavy atom. The Morgan fingerprint density at radius 3 is 2.62 bits per heavy atom. The van der Waals surface area contributed by atoms with Crippen molar-refractivity contribution in [1.82, 2.24) is 0 Å². The number of hydrogen-bond donors (Lipinski definition) is 1. The first kappa shape index (κ1) is 10.1. The first-order valence-electron chi connectivity index (χ1n) is 4.56. The largest absolute Gasteiger partial charge is 0.494 e. The van der Waals surface area contributed by atoms with E-state index in [1.54, 1.807) is 6.92 Å². The predicted octanol–water partition coefficient (Wildman–Crippen LogP) is 2.45. The molecule has 0 fully saturated rings. The lowest BCUT2D eigenvalue weighted by molar-refractivity contribution is 0.199. The van der Waals surface area contributed by atoms with E-state index in [1.165, 1.54) is 0 Å². The van der Waals surface area contributed by atoms with Crippen molar-refractivity contribution in [2.45, 2.75) is 26.9 Å². The number of aliphatic hydroxyl groups excluding tert-OH is 1. The van der Waals surface area contributed by atoms with Gasteiger partial charge in [0, 0.05) is 0 Å². The number of aryl methyl sites for hydroxylation is 1. The van der Waals surface area contributed by atoms with E-state index in [0.717, 1.165) is 16.9 Å². The molecule has 0 radical (unpaired) electrons. The molecule has 72 valence electrons. The zero-order chi connectivity index (χ0) is 9.84. The Hall–Kier alpha value is -1.02. The third kappa shape index (κ3) is 2.46. The van der Waals surface area contributed by atoms with Crippen LogP contribution in [0.2, 0.25) is 0 Å². The lowest BCUT2D eigenvalue weighted by Crippen LogP contribution is -1.96. The molecule has 0 aromatic heterocycles. The second-order valence-electron chi connectivity index (χ2n) is 3.13. The molecule has 2 heteroatoms. The van der Waals surface area contributed by atoms with Gasteiger partial charge in [-0.05, 0) is 44.0 Å². The minimum atomic E-state index is -0.408. The highest BCUT2D eigenvalue weighted by molar-refractivity contribution is 5.36. The molecular weight excluding hydrogens is 164 g/mol. The maximum absolute atomic E-state index is 9.33. The van der Waals surface area contributed by atoms with E-state index in [0.29, 0.717) is 6.61 Å². The van der Waals surface area contributed by atoms with Crippen LogP contribution in [-0.2, 0) is 0 Å². The average Bonchev–Trinajstić information content (AvgIpc) is 2.08. The summed E-state index contributed by atoms with van der Waals surface area (Å²) in [5, 5.41) is 9.33. The van der Waals surface area contributed by atoms with Gasteiger partial charge in [-0.2, -0.15) is 0 Å². The standard InChI is InChI=1S/C11H16O2/c1-4-13-11-6-5-10(9(3)12)7-8(11)2/h5-7,9,12H,4H2,1-3H3/t9-/m1/s1. The van der Waals surface area contributed by atoms with Gasteiger partial charge in [-0.25, -0.2) is 0 Å². The number of hydrogen-bond acceptors (Lipinski definition) is 2. The fourth-order valence-electron chi connectivity index (χ4n) is 1.25. The van der Waals surface area contributed by atoms with E-state index < -0.39 is 6.10 Å². The van der Waals surface area contributed by atoms with Gasteiger partial charge in [0.25, 0.3) is 0 Å². The minimum absolute atomic E-state index is 0.408. The van der Waals surface area contributed by atoms with Crippen molar-refractivity contribution in [3.63, 3.8) is 0 Å². The van der Waals surface area contributed by atoms with Crippen molar-refractivity contribution >= 4 is 0 Å². The summed E-state index contributed by atoms with van der Waals surface area (Å²) in [7, 11) is 0. The van der Waals surface area contributed by atoms with E-state index >= 15 is 0 Å². The highest BCUT2D eigenvalue weighted by atomic mass is 16.5. The highest BCUT2D eigenvalue weighted by Gasteiger charge is 2.03. The molecule has 0 saturated carbocycles. The number of ether oxygens (including phenoxy) is 1. The number of aliphatic hydroxyl groups is 1. The van der Waals surface area contributed by atoms with E-state index in [4.69, 9.17) is 4.74 Å². The third-order valence-corrected chi connectivity index (χ3v) is 1.98. The first-order chi connectivity index (χ1) is 6.15.